The Morgan fingerprint density at radius 2 is 1.78 bits per heavy atom. The van der Waals surface area contributed by atoms with E-state index in [1.807, 2.05) is 29.2 Å². The van der Waals surface area contributed by atoms with E-state index < -0.39 is 12.3 Å². The number of esters is 1. The fourth-order valence-electron chi connectivity index (χ4n) is 3.83. The Morgan fingerprint density at radius 3 is 2.42 bits per heavy atom. The van der Waals surface area contributed by atoms with Crippen LogP contribution in [0.4, 0.5) is 18.9 Å². The lowest BCUT2D eigenvalue weighted by atomic mass is 10.2. The Labute approximate surface area is 205 Å². The first-order chi connectivity index (χ1) is 17.3. The van der Waals surface area contributed by atoms with E-state index in [2.05, 4.69) is 15.0 Å². The standard InChI is InChI=1S/C24H25F3N4O5/c1-3-34-23(32)21-22(31(29-28-21)14-16-4-8-18(33-2)9-5-16)35-20-12-13-30(15-20)17-6-10-19(11-7-17)36-24(25,26)27/h4-11,20H,3,12-15H2,1-2H3. The van der Waals surface area contributed by atoms with Gasteiger partial charge < -0.3 is 23.8 Å². The topological polar surface area (TPSA) is 87.9 Å². The number of hydrogen-bond acceptors (Lipinski definition) is 8. The highest BCUT2D eigenvalue weighted by Crippen LogP contribution is 2.29. The van der Waals surface area contributed by atoms with Crippen LogP contribution in [0.5, 0.6) is 17.4 Å². The molecule has 0 spiro atoms. The lowest BCUT2D eigenvalue weighted by Crippen LogP contribution is -2.26. The molecule has 1 unspecified atom stereocenters. The van der Waals surface area contributed by atoms with Gasteiger partial charge in [0, 0.05) is 18.7 Å². The normalized spacial score (nSPS) is 15.6. The van der Waals surface area contributed by atoms with Gasteiger partial charge in [-0.1, -0.05) is 17.3 Å². The number of anilines is 1. The van der Waals surface area contributed by atoms with Gasteiger partial charge in [-0.2, -0.15) is 0 Å². The van der Waals surface area contributed by atoms with Crippen molar-refractivity contribution in [2.75, 3.05) is 31.7 Å². The van der Waals surface area contributed by atoms with Crippen LogP contribution in [-0.2, 0) is 11.3 Å². The number of nitrogens with zero attached hydrogens (tertiary/aromatic N) is 4. The number of halogens is 3. The van der Waals surface area contributed by atoms with Gasteiger partial charge in [-0.05, 0) is 48.9 Å². The van der Waals surface area contributed by atoms with E-state index in [0.717, 1.165) is 11.3 Å². The molecule has 192 valence electrons. The maximum Gasteiger partial charge on any atom is 0.573 e. The lowest BCUT2D eigenvalue weighted by Gasteiger charge is -2.20. The third-order valence-corrected chi connectivity index (χ3v) is 5.51. The Morgan fingerprint density at radius 1 is 1.08 bits per heavy atom. The van der Waals surface area contributed by atoms with Crippen LogP contribution in [0.1, 0.15) is 29.4 Å². The molecular weight excluding hydrogens is 481 g/mol. The molecule has 0 bridgehead atoms. The van der Waals surface area contributed by atoms with Crippen molar-refractivity contribution in [3.63, 3.8) is 0 Å². The zero-order chi connectivity index (χ0) is 25.7. The van der Waals surface area contributed by atoms with Crippen molar-refractivity contribution in [2.24, 2.45) is 0 Å². The van der Waals surface area contributed by atoms with Crippen molar-refractivity contribution in [1.29, 1.82) is 0 Å². The summed E-state index contributed by atoms with van der Waals surface area (Å²) < 4.78 is 59.2. The summed E-state index contributed by atoms with van der Waals surface area (Å²) >= 11 is 0. The second-order valence-corrected chi connectivity index (χ2v) is 7.99. The van der Waals surface area contributed by atoms with Gasteiger partial charge in [0.25, 0.3) is 0 Å². The van der Waals surface area contributed by atoms with Gasteiger partial charge in [-0.3, -0.25) is 0 Å². The molecular formula is C24H25F3N4O5. The van der Waals surface area contributed by atoms with E-state index in [0.29, 0.717) is 31.8 Å². The van der Waals surface area contributed by atoms with Gasteiger partial charge in [-0.15, -0.1) is 18.3 Å². The molecule has 1 aliphatic rings. The highest BCUT2D eigenvalue weighted by molar-refractivity contribution is 5.89. The van der Waals surface area contributed by atoms with Gasteiger partial charge in [0.05, 0.1) is 26.8 Å². The second kappa shape index (κ2) is 10.8. The molecule has 1 aliphatic heterocycles. The largest absolute Gasteiger partial charge is 0.573 e. The molecule has 9 nitrogen and oxygen atoms in total. The number of aromatic nitrogens is 3. The molecule has 12 heteroatoms. The molecule has 3 aromatic rings. The first-order valence-electron chi connectivity index (χ1n) is 11.3. The van der Waals surface area contributed by atoms with Crippen molar-refractivity contribution in [2.45, 2.75) is 32.4 Å². The van der Waals surface area contributed by atoms with Gasteiger partial charge in [0.2, 0.25) is 11.6 Å². The summed E-state index contributed by atoms with van der Waals surface area (Å²) in [6, 6.07) is 13.0. The molecule has 2 heterocycles. The summed E-state index contributed by atoms with van der Waals surface area (Å²) in [5.74, 6) is -0.00969. The maximum absolute atomic E-state index is 12.5. The molecule has 1 aromatic heterocycles. The predicted molar refractivity (Wildman–Crippen MR) is 122 cm³/mol. The number of carbonyl (C=O) groups is 1. The third kappa shape index (κ3) is 6.18. The van der Waals surface area contributed by atoms with Crippen LogP contribution in [0, 0.1) is 0 Å². The molecule has 4 rings (SSSR count). The van der Waals surface area contributed by atoms with E-state index in [-0.39, 0.29) is 30.0 Å². The van der Waals surface area contributed by atoms with Crippen LogP contribution in [0.3, 0.4) is 0 Å². The Balaban J connectivity index is 1.48. The van der Waals surface area contributed by atoms with Crippen molar-refractivity contribution in [3.05, 3.63) is 59.8 Å². The quantitative estimate of drug-likeness (QED) is 0.402. The number of ether oxygens (including phenoxy) is 4. The van der Waals surface area contributed by atoms with Crippen molar-refractivity contribution >= 4 is 11.7 Å². The number of hydrogen-bond donors (Lipinski definition) is 0. The zero-order valence-corrected chi connectivity index (χ0v) is 19.7. The average Bonchev–Trinajstić information content (AvgIpc) is 3.47. The van der Waals surface area contributed by atoms with E-state index in [9.17, 15) is 18.0 Å². The highest BCUT2D eigenvalue weighted by atomic mass is 19.4. The minimum Gasteiger partial charge on any atom is -0.497 e. The van der Waals surface area contributed by atoms with Crippen molar-refractivity contribution in [3.8, 4) is 17.4 Å². The van der Waals surface area contributed by atoms with Crippen LogP contribution in [0.2, 0.25) is 0 Å². The van der Waals surface area contributed by atoms with E-state index in [1.165, 1.54) is 16.8 Å². The van der Waals surface area contributed by atoms with Crippen LogP contribution in [0.25, 0.3) is 0 Å². The molecule has 36 heavy (non-hydrogen) atoms. The summed E-state index contributed by atoms with van der Waals surface area (Å²) in [6.45, 7) is 3.24. The Bertz CT molecular complexity index is 1170. The highest BCUT2D eigenvalue weighted by Gasteiger charge is 2.32. The monoisotopic (exact) mass is 506 g/mol. The van der Waals surface area contributed by atoms with Crippen LogP contribution >= 0.6 is 0 Å². The van der Waals surface area contributed by atoms with Gasteiger partial charge in [-0.25, -0.2) is 9.48 Å². The molecule has 0 saturated carbocycles. The lowest BCUT2D eigenvalue weighted by molar-refractivity contribution is -0.274. The summed E-state index contributed by atoms with van der Waals surface area (Å²) in [4.78, 5) is 14.4. The Kier molecular flexibility index (Phi) is 7.51. The Hall–Kier alpha value is -3.96. The summed E-state index contributed by atoms with van der Waals surface area (Å²) in [7, 11) is 1.58. The number of carbonyl (C=O) groups excluding carboxylic acids is 1. The second-order valence-electron chi connectivity index (χ2n) is 7.99. The molecule has 1 fully saturated rings. The number of methoxy groups -OCH3 is 1. The molecule has 1 saturated heterocycles. The van der Waals surface area contributed by atoms with E-state index in [4.69, 9.17) is 14.2 Å². The third-order valence-electron chi connectivity index (χ3n) is 5.51. The van der Waals surface area contributed by atoms with E-state index >= 15 is 0 Å². The SMILES string of the molecule is CCOC(=O)c1nnn(Cc2ccc(OC)cc2)c1OC1CCN(c2ccc(OC(F)(F)F)cc2)C1. The van der Waals surface area contributed by atoms with Crippen LogP contribution < -0.4 is 19.1 Å². The van der Waals surface area contributed by atoms with E-state index in [1.54, 1.807) is 26.2 Å². The van der Waals surface area contributed by atoms with Gasteiger partial charge in [0.15, 0.2) is 0 Å². The number of alkyl halides is 3. The summed E-state index contributed by atoms with van der Waals surface area (Å²) in [5, 5.41) is 8.10. The first-order valence-corrected chi connectivity index (χ1v) is 11.3. The molecule has 0 amide bonds. The fraction of sp³-hybridized carbons (Fsp3) is 0.375. The average molecular weight is 506 g/mol. The van der Waals surface area contributed by atoms with Gasteiger partial charge >= 0.3 is 12.3 Å². The zero-order valence-electron chi connectivity index (χ0n) is 19.7. The fourth-order valence-corrected chi connectivity index (χ4v) is 3.83. The maximum atomic E-state index is 12.5. The summed E-state index contributed by atoms with van der Waals surface area (Å²) in [5.41, 5.74) is 1.61. The number of benzene rings is 2. The molecule has 1 atom stereocenters. The van der Waals surface area contributed by atoms with Crippen LogP contribution in [0.15, 0.2) is 48.5 Å². The molecule has 2 aromatic carbocycles. The first kappa shape index (κ1) is 25.1. The molecule has 0 radical (unpaired) electrons. The van der Waals surface area contributed by atoms with Crippen molar-refractivity contribution < 1.29 is 36.9 Å². The molecule has 0 N–H and O–H groups in total. The predicted octanol–water partition coefficient (Wildman–Crippen LogP) is 4.07. The van der Waals surface area contributed by atoms with Gasteiger partial charge in [0.1, 0.15) is 17.6 Å². The smallest absolute Gasteiger partial charge is 0.497 e. The molecule has 0 aliphatic carbocycles. The van der Waals surface area contributed by atoms with Crippen LogP contribution in [-0.4, -0.2) is 60.2 Å². The minimum absolute atomic E-state index is 0.0162. The minimum atomic E-state index is -4.74. The number of rotatable bonds is 9. The van der Waals surface area contributed by atoms with Crippen molar-refractivity contribution in [1.82, 2.24) is 15.0 Å². The summed E-state index contributed by atoms with van der Waals surface area (Å²) in [6.07, 6.45) is -4.43.